The fourth-order valence-corrected chi connectivity index (χ4v) is 6.03. The van der Waals surface area contributed by atoms with Crippen molar-refractivity contribution in [1.82, 2.24) is 29.7 Å². The predicted octanol–water partition coefficient (Wildman–Crippen LogP) is 5.84. The number of anilines is 1. The van der Waals surface area contributed by atoms with Crippen LogP contribution in [0.3, 0.4) is 0 Å². The zero-order valence-electron chi connectivity index (χ0n) is 18.6. The number of halogens is 1. The Labute approximate surface area is 192 Å². The van der Waals surface area contributed by atoms with Gasteiger partial charge in [-0.3, -0.25) is 5.10 Å². The van der Waals surface area contributed by atoms with Crippen molar-refractivity contribution in [3.63, 3.8) is 0 Å². The second kappa shape index (κ2) is 7.44. The van der Waals surface area contributed by atoms with Crippen LogP contribution in [0.2, 0.25) is 5.02 Å². The van der Waals surface area contributed by atoms with Gasteiger partial charge in [-0.1, -0.05) is 18.5 Å². The molecule has 7 rings (SSSR count). The van der Waals surface area contributed by atoms with Crippen molar-refractivity contribution in [2.24, 2.45) is 17.8 Å². The molecular formula is C24H28ClN7. The molecule has 2 atom stereocenters. The number of aromatic amines is 1. The van der Waals surface area contributed by atoms with Crippen LogP contribution in [0.4, 0.5) is 5.82 Å². The number of rotatable bonds is 4. The van der Waals surface area contributed by atoms with E-state index >= 15 is 0 Å². The van der Waals surface area contributed by atoms with Crippen molar-refractivity contribution < 1.29 is 0 Å². The van der Waals surface area contributed by atoms with Gasteiger partial charge in [0, 0.05) is 24.5 Å². The Balaban J connectivity index is 1.51. The molecule has 3 aliphatic rings. The van der Waals surface area contributed by atoms with Gasteiger partial charge in [-0.25, -0.2) is 15.0 Å². The molecule has 3 aliphatic carbocycles. The predicted molar refractivity (Wildman–Crippen MR) is 128 cm³/mol. The summed E-state index contributed by atoms with van der Waals surface area (Å²) in [5, 5.41) is 13.8. The summed E-state index contributed by atoms with van der Waals surface area (Å²) < 4.78 is 2.20. The molecule has 0 unspecified atom stereocenters. The van der Waals surface area contributed by atoms with Gasteiger partial charge < -0.3 is 9.88 Å². The highest BCUT2D eigenvalue weighted by molar-refractivity contribution is 6.31. The van der Waals surface area contributed by atoms with E-state index in [1.165, 1.54) is 25.7 Å². The topological polar surface area (TPSA) is 84.3 Å². The zero-order chi connectivity index (χ0) is 22.0. The number of hydrogen-bond donors (Lipinski definition) is 2. The van der Waals surface area contributed by atoms with E-state index in [4.69, 9.17) is 21.6 Å². The fraction of sp³-hybridized carbons (Fsp3) is 0.500. The number of H-pyrrole nitrogens is 1. The lowest BCUT2D eigenvalue weighted by Crippen LogP contribution is -2.47. The van der Waals surface area contributed by atoms with Crippen LogP contribution in [0, 0.1) is 17.8 Å². The summed E-state index contributed by atoms with van der Waals surface area (Å²) in [7, 11) is 0. The van der Waals surface area contributed by atoms with Crippen LogP contribution in [0.5, 0.6) is 0 Å². The molecule has 2 N–H and O–H groups in total. The molecule has 0 radical (unpaired) electrons. The first-order valence-corrected chi connectivity index (χ1v) is 12.0. The molecule has 8 heteroatoms. The summed E-state index contributed by atoms with van der Waals surface area (Å²) in [5.74, 6) is 3.71. The van der Waals surface area contributed by atoms with Crippen LogP contribution in [0.1, 0.15) is 52.5 Å². The van der Waals surface area contributed by atoms with E-state index in [9.17, 15) is 0 Å². The Morgan fingerprint density at radius 3 is 2.66 bits per heavy atom. The van der Waals surface area contributed by atoms with Gasteiger partial charge in [0.25, 0.3) is 0 Å². The highest BCUT2D eigenvalue weighted by Crippen LogP contribution is 2.46. The molecule has 2 bridgehead atoms. The maximum Gasteiger partial charge on any atom is 0.182 e. The summed E-state index contributed by atoms with van der Waals surface area (Å²) in [6.07, 6.45) is 9.08. The third-order valence-electron chi connectivity index (χ3n) is 7.67. The standard InChI is InChI=1S/C24H28ClN7/c1-12(2)32-9-8-17-22(27-19-13(3)14-4-6-15(19)7-5-14)28-23(29-24(17)32)20-18-10-16(25)11-26-21(18)31-30-20/h8-15,19H,4-7H2,1-3H3,(H,26,30,31)(H,27,28,29)/t13-,14?,15?,19+/m0/s1. The van der Waals surface area contributed by atoms with Crippen LogP contribution in [-0.4, -0.2) is 35.8 Å². The number of aromatic nitrogens is 6. The maximum atomic E-state index is 6.23. The number of nitrogens with one attached hydrogen (secondary N) is 2. The molecule has 7 nitrogen and oxygen atoms in total. The highest BCUT2D eigenvalue weighted by atomic mass is 35.5. The van der Waals surface area contributed by atoms with Crippen molar-refractivity contribution in [2.75, 3.05) is 5.32 Å². The first kappa shape index (κ1) is 20.0. The third kappa shape index (κ3) is 3.09. The summed E-state index contributed by atoms with van der Waals surface area (Å²) >= 11 is 6.23. The van der Waals surface area contributed by atoms with Gasteiger partial charge in [-0.15, -0.1) is 0 Å². The fourth-order valence-electron chi connectivity index (χ4n) is 5.88. The molecule has 0 amide bonds. The normalized spacial score (nSPS) is 25.3. The summed E-state index contributed by atoms with van der Waals surface area (Å²) in [6.45, 7) is 6.75. The first-order valence-electron chi connectivity index (χ1n) is 11.6. The largest absolute Gasteiger partial charge is 0.366 e. The van der Waals surface area contributed by atoms with E-state index in [0.29, 0.717) is 40.4 Å². The second-order valence-electron chi connectivity index (χ2n) is 9.78. The highest BCUT2D eigenvalue weighted by Gasteiger charge is 2.41. The molecule has 166 valence electrons. The summed E-state index contributed by atoms with van der Waals surface area (Å²) in [6, 6.07) is 4.75. The minimum atomic E-state index is 0.294. The number of pyridine rings is 1. The average Bonchev–Trinajstić information content (AvgIpc) is 3.40. The first-order chi connectivity index (χ1) is 15.5. The molecule has 0 spiro atoms. The molecule has 3 saturated carbocycles. The van der Waals surface area contributed by atoms with Crippen LogP contribution in [0.15, 0.2) is 24.5 Å². The monoisotopic (exact) mass is 449 g/mol. The summed E-state index contributed by atoms with van der Waals surface area (Å²) in [5.41, 5.74) is 2.29. The zero-order valence-corrected chi connectivity index (χ0v) is 19.4. The average molecular weight is 450 g/mol. The van der Waals surface area contributed by atoms with Crippen LogP contribution in [0.25, 0.3) is 33.6 Å². The summed E-state index contributed by atoms with van der Waals surface area (Å²) in [4.78, 5) is 14.3. The molecule has 32 heavy (non-hydrogen) atoms. The van der Waals surface area contributed by atoms with E-state index in [1.54, 1.807) is 6.20 Å². The van der Waals surface area contributed by atoms with E-state index in [-0.39, 0.29) is 0 Å². The maximum absolute atomic E-state index is 6.23. The van der Waals surface area contributed by atoms with Gasteiger partial charge in [-0.2, -0.15) is 5.10 Å². The lowest BCUT2D eigenvalue weighted by atomic mass is 9.62. The van der Waals surface area contributed by atoms with E-state index in [2.05, 4.69) is 58.1 Å². The van der Waals surface area contributed by atoms with Gasteiger partial charge >= 0.3 is 0 Å². The van der Waals surface area contributed by atoms with Crippen molar-refractivity contribution >= 4 is 39.5 Å². The Bertz CT molecular complexity index is 1300. The van der Waals surface area contributed by atoms with Crippen molar-refractivity contribution in [2.45, 2.75) is 58.5 Å². The Morgan fingerprint density at radius 2 is 1.91 bits per heavy atom. The van der Waals surface area contributed by atoms with Gasteiger partial charge in [0.1, 0.15) is 17.2 Å². The Hall–Kier alpha value is -2.67. The van der Waals surface area contributed by atoms with E-state index in [1.807, 2.05) is 6.07 Å². The smallest absolute Gasteiger partial charge is 0.182 e. The number of fused-ring (bicyclic) bond motifs is 5. The molecule has 4 aromatic rings. The molecule has 0 saturated heterocycles. The minimum Gasteiger partial charge on any atom is -0.366 e. The molecule has 4 aromatic heterocycles. The molecule has 3 fully saturated rings. The van der Waals surface area contributed by atoms with Crippen LogP contribution < -0.4 is 5.32 Å². The van der Waals surface area contributed by atoms with Gasteiger partial charge in [0.05, 0.1) is 15.8 Å². The number of nitrogens with zero attached hydrogens (tertiary/aromatic N) is 5. The van der Waals surface area contributed by atoms with Crippen LogP contribution >= 0.6 is 11.6 Å². The van der Waals surface area contributed by atoms with Crippen molar-refractivity contribution in [1.29, 1.82) is 0 Å². The lowest BCUT2D eigenvalue weighted by molar-refractivity contribution is 0.0929. The Kier molecular flexibility index (Phi) is 4.64. The molecule has 0 aromatic carbocycles. The van der Waals surface area contributed by atoms with Crippen LogP contribution in [-0.2, 0) is 0 Å². The van der Waals surface area contributed by atoms with Crippen molar-refractivity contribution in [3.8, 4) is 11.5 Å². The Morgan fingerprint density at radius 1 is 1.12 bits per heavy atom. The molecule has 4 heterocycles. The van der Waals surface area contributed by atoms with Crippen molar-refractivity contribution in [3.05, 3.63) is 29.5 Å². The van der Waals surface area contributed by atoms with E-state index in [0.717, 1.165) is 33.8 Å². The lowest BCUT2D eigenvalue weighted by Gasteiger charge is -2.47. The van der Waals surface area contributed by atoms with Gasteiger partial charge in [0.15, 0.2) is 11.5 Å². The minimum absolute atomic E-state index is 0.294. The quantitative estimate of drug-likeness (QED) is 0.408. The molecule has 0 aliphatic heterocycles. The number of hydrogen-bond acceptors (Lipinski definition) is 5. The van der Waals surface area contributed by atoms with Gasteiger partial charge in [-0.05, 0) is 69.4 Å². The van der Waals surface area contributed by atoms with Gasteiger partial charge in [0.2, 0.25) is 0 Å². The third-order valence-corrected chi connectivity index (χ3v) is 7.87. The SMILES string of the molecule is CC(C)n1ccc2c(N[C@H]3C4CCC(CC4)[C@@H]3C)nc(-c3[nH]nc4ncc(Cl)cc34)nc21. The van der Waals surface area contributed by atoms with E-state index < -0.39 is 0 Å². The second-order valence-corrected chi connectivity index (χ2v) is 10.2. The molecular weight excluding hydrogens is 422 g/mol.